The average molecular weight is 616 g/mol. The largest absolute Gasteiger partial charge is 0.455 e. The monoisotopic (exact) mass is 615 g/mol. The maximum absolute atomic E-state index is 9.56. The standard InChI is InChI=1S/C44H38N2O/c1-27(2)37-25-33(32-23-21-31(22-24-32)30-14-7-6-8-15-30)26-38(28(3)4)42(37)46-41-29(5)13-11-19-39(41)45-44(46)36-18-12-17-35-34-16-9-10-20-40(34)47-43(35)36/h6-28H,1-5H3/i5D3,27D,28D. The van der Waals surface area contributed by atoms with Crippen molar-refractivity contribution in [2.24, 2.45) is 0 Å². The number of hydrogen-bond donors (Lipinski definition) is 0. The lowest BCUT2D eigenvalue weighted by Crippen LogP contribution is -2.10. The molecule has 0 saturated carbocycles. The molecule has 0 aliphatic heterocycles. The third-order valence-corrected chi connectivity index (χ3v) is 9.06. The van der Waals surface area contributed by atoms with Crippen molar-refractivity contribution in [3.8, 4) is 39.3 Å². The van der Waals surface area contributed by atoms with Gasteiger partial charge in [0.25, 0.3) is 0 Å². The van der Waals surface area contributed by atoms with E-state index in [-0.39, 0.29) is 5.56 Å². The number of aromatic nitrogens is 2. The predicted molar refractivity (Wildman–Crippen MR) is 198 cm³/mol. The average Bonchev–Trinajstić information content (AvgIpc) is 3.69. The van der Waals surface area contributed by atoms with Crippen LogP contribution in [0.1, 0.15) is 63.0 Å². The van der Waals surface area contributed by atoms with Crippen molar-refractivity contribution in [3.63, 3.8) is 0 Å². The molecule has 0 fully saturated rings. The van der Waals surface area contributed by atoms with E-state index in [1.807, 2.05) is 111 Å². The van der Waals surface area contributed by atoms with Gasteiger partial charge in [-0.2, -0.15) is 0 Å². The SMILES string of the molecule is [2H]C([2H])([2H])c1cccc2nc(-c3cccc4c3oc3ccccc34)n(-c3c(C([2H])(C)C)cc(-c4ccc(-c5ccccc5)cc4)cc3C([2H])(C)C)c12. The molecule has 8 aromatic rings. The molecule has 0 bridgehead atoms. The Morgan fingerprint density at radius 2 is 1.26 bits per heavy atom. The van der Waals surface area contributed by atoms with Crippen molar-refractivity contribution < 1.29 is 11.3 Å². The van der Waals surface area contributed by atoms with E-state index < -0.39 is 18.6 Å². The Kier molecular flexibility index (Phi) is 5.80. The molecule has 3 nitrogen and oxygen atoms in total. The van der Waals surface area contributed by atoms with Crippen LogP contribution in [-0.2, 0) is 0 Å². The van der Waals surface area contributed by atoms with Crippen molar-refractivity contribution in [3.05, 3.63) is 144 Å². The fourth-order valence-corrected chi connectivity index (χ4v) is 6.74. The highest BCUT2D eigenvalue weighted by molar-refractivity contribution is 6.09. The molecule has 0 spiro atoms. The highest BCUT2D eigenvalue weighted by atomic mass is 16.3. The molecular formula is C44H38N2O. The van der Waals surface area contributed by atoms with E-state index in [2.05, 4.69) is 36.4 Å². The topological polar surface area (TPSA) is 31.0 Å². The van der Waals surface area contributed by atoms with E-state index in [1.54, 1.807) is 12.1 Å². The minimum absolute atomic E-state index is 0.142. The zero-order valence-corrected chi connectivity index (χ0v) is 26.9. The fourth-order valence-electron chi connectivity index (χ4n) is 6.74. The van der Waals surface area contributed by atoms with E-state index in [9.17, 15) is 2.74 Å². The molecule has 47 heavy (non-hydrogen) atoms. The molecule has 0 aliphatic carbocycles. The molecule has 2 aromatic heterocycles. The maximum Gasteiger partial charge on any atom is 0.149 e. The summed E-state index contributed by atoms with van der Waals surface area (Å²) in [5.74, 6) is -1.85. The van der Waals surface area contributed by atoms with Gasteiger partial charge in [0.15, 0.2) is 0 Å². The summed E-state index contributed by atoms with van der Waals surface area (Å²) < 4.78 is 53.3. The van der Waals surface area contributed by atoms with Gasteiger partial charge in [0, 0.05) is 17.6 Å². The molecule has 230 valence electrons. The summed E-state index contributed by atoms with van der Waals surface area (Å²) in [5.41, 5.74) is 9.01. The first-order valence-electron chi connectivity index (χ1n) is 18.5. The van der Waals surface area contributed by atoms with Crippen LogP contribution in [0.5, 0.6) is 0 Å². The second-order valence-electron chi connectivity index (χ2n) is 12.6. The zero-order chi connectivity index (χ0) is 36.6. The Morgan fingerprint density at radius 1 is 0.638 bits per heavy atom. The Balaban J connectivity index is 1.48. The second kappa shape index (κ2) is 11.4. The van der Waals surface area contributed by atoms with Crippen molar-refractivity contribution >= 4 is 33.0 Å². The van der Waals surface area contributed by atoms with Crippen LogP contribution < -0.4 is 0 Å². The number of hydrogen-bond acceptors (Lipinski definition) is 2. The predicted octanol–water partition coefficient (Wildman–Crippen LogP) is 12.5. The van der Waals surface area contributed by atoms with Crippen LogP contribution in [0.3, 0.4) is 0 Å². The molecule has 0 aliphatic rings. The van der Waals surface area contributed by atoms with Crippen LogP contribution in [0, 0.1) is 6.85 Å². The molecule has 0 saturated heterocycles. The number of fused-ring (bicyclic) bond motifs is 4. The Hall–Kier alpha value is -5.41. The number of furan rings is 1. The van der Waals surface area contributed by atoms with Crippen LogP contribution in [0.4, 0.5) is 0 Å². The zero-order valence-electron chi connectivity index (χ0n) is 31.9. The number of para-hydroxylation sites is 3. The summed E-state index contributed by atoms with van der Waals surface area (Å²) in [6.45, 7) is 4.86. The van der Waals surface area contributed by atoms with Gasteiger partial charge in [-0.3, -0.25) is 4.57 Å². The summed E-state index contributed by atoms with van der Waals surface area (Å²) in [6, 6.07) is 41.5. The van der Waals surface area contributed by atoms with Gasteiger partial charge >= 0.3 is 0 Å². The normalized spacial score (nSPS) is 14.2. The van der Waals surface area contributed by atoms with Crippen LogP contribution in [0.25, 0.3) is 72.3 Å². The van der Waals surface area contributed by atoms with E-state index in [0.717, 1.165) is 38.6 Å². The van der Waals surface area contributed by atoms with Crippen LogP contribution in [0.15, 0.2) is 132 Å². The van der Waals surface area contributed by atoms with E-state index in [0.29, 0.717) is 44.8 Å². The van der Waals surface area contributed by atoms with E-state index in [1.165, 1.54) is 0 Å². The van der Waals surface area contributed by atoms with Gasteiger partial charge in [0.05, 0.1) is 22.3 Å². The minimum Gasteiger partial charge on any atom is -0.455 e. The first-order valence-corrected chi connectivity index (χ1v) is 16.0. The van der Waals surface area contributed by atoms with Gasteiger partial charge in [-0.15, -0.1) is 0 Å². The van der Waals surface area contributed by atoms with E-state index >= 15 is 0 Å². The van der Waals surface area contributed by atoms with E-state index in [4.69, 9.17) is 13.5 Å². The highest BCUT2D eigenvalue weighted by Crippen LogP contribution is 2.43. The molecule has 0 radical (unpaired) electrons. The molecule has 6 aromatic carbocycles. The van der Waals surface area contributed by atoms with Crippen molar-refractivity contribution in [2.75, 3.05) is 0 Å². The number of imidazole rings is 1. The lowest BCUT2D eigenvalue weighted by Gasteiger charge is -2.25. The number of nitrogens with zero attached hydrogens (tertiary/aromatic N) is 2. The third-order valence-electron chi connectivity index (χ3n) is 9.06. The van der Waals surface area contributed by atoms with Gasteiger partial charge in [0.2, 0.25) is 0 Å². The molecule has 2 heterocycles. The third kappa shape index (κ3) is 4.85. The lowest BCUT2D eigenvalue weighted by atomic mass is 9.87. The first kappa shape index (κ1) is 23.9. The van der Waals surface area contributed by atoms with Gasteiger partial charge in [-0.25, -0.2) is 4.98 Å². The van der Waals surface area contributed by atoms with Crippen molar-refractivity contribution in [2.45, 2.75) is 46.3 Å². The van der Waals surface area contributed by atoms with Crippen LogP contribution in [-0.4, -0.2) is 9.55 Å². The maximum atomic E-state index is 9.56. The van der Waals surface area contributed by atoms with Crippen LogP contribution >= 0.6 is 0 Å². The van der Waals surface area contributed by atoms with Gasteiger partial charge < -0.3 is 4.42 Å². The lowest BCUT2D eigenvalue weighted by molar-refractivity contribution is 0.669. The summed E-state index contributed by atoms with van der Waals surface area (Å²) >= 11 is 0. The molecule has 0 amide bonds. The Labute approximate surface area is 283 Å². The summed E-state index contributed by atoms with van der Waals surface area (Å²) in [4.78, 5) is 5.15. The highest BCUT2D eigenvalue weighted by Gasteiger charge is 2.26. The van der Waals surface area contributed by atoms with Gasteiger partial charge in [-0.1, -0.05) is 125 Å². The summed E-state index contributed by atoms with van der Waals surface area (Å²) in [6.07, 6.45) is 0. The molecule has 8 rings (SSSR count). The molecule has 0 unspecified atom stereocenters. The second-order valence-corrected chi connectivity index (χ2v) is 12.6. The van der Waals surface area contributed by atoms with Crippen molar-refractivity contribution in [1.82, 2.24) is 9.55 Å². The minimum atomic E-state index is -2.46. The molecule has 3 heteroatoms. The summed E-state index contributed by atoms with van der Waals surface area (Å²) in [5, 5.41) is 1.88. The van der Waals surface area contributed by atoms with Crippen molar-refractivity contribution in [1.29, 1.82) is 0 Å². The number of rotatable bonds is 6. The fraction of sp³-hybridized carbons (Fsp3) is 0.159. The number of aryl methyl sites for hydroxylation is 1. The number of benzene rings is 6. The van der Waals surface area contributed by atoms with Crippen LogP contribution in [0.2, 0.25) is 0 Å². The first-order chi connectivity index (χ1) is 24.7. The molecule has 0 atom stereocenters. The molecule has 0 N–H and O–H groups in total. The quantitative estimate of drug-likeness (QED) is 0.186. The Bertz CT molecular complexity index is 2580. The van der Waals surface area contributed by atoms with Gasteiger partial charge in [-0.05, 0) is 87.9 Å². The smallest absolute Gasteiger partial charge is 0.149 e. The van der Waals surface area contributed by atoms with Gasteiger partial charge in [0.1, 0.15) is 17.0 Å². The summed E-state index contributed by atoms with van der Waals surface area (Å²) in [7, 11) is 0. The Morgan fingerprint density at radius 3 is 1.96 bits per heavy atom. The molecular weight excluding hydrogens is 572 g/mol.